The van der Waals surface area contributed by atoms with E-state index in [0.29, 0.717) is 29.0 Å². The third-order valence-corrected chi connectivity index (χ3v) is 6.20. The van der Waals surface area contributed by atoms with Crippen LogP contribution in [0.15, 0.2) is 48.5 Å². The lowest BCUT2D eigenvalue weighted by atomic mass is 9.99. The summed E-state index contributed by atoms with van der Waals surface area (Å²) in [4.78, 5) is 0. The molecule has 1 fully saturated rings. The number of hydrogen-bond acceptors (Lipinski definition) is 9. The Labute approximate surface area is 208 Å². The van der Waals surface area contributed by atoms with Crippen LogP contribution in [0.1, 0.15) is 31.0 Å². The van der Waals surface area contributed by atoms with Crippen molar-refractivity contribution in [1.29, 1.82) is 0 Å². The van der Waals surface area contributed by atoms with E-state index in [4.69, 9.17) is 14.2 Å². The van der Waals surface area contributed by atoms with Gasteiger partial charge in [0.05, 0.1) is 19.4 Å². The Kier molecular flexibility index (Phi) is 7.82. The van der Waals surface area contributed by atoms with Crippen LogP contribution < -0.4 is 9.47 Å². The molecule has 0 radical (unpaired) electrons. The van der Waals surface area contributed by atoms with Gasteiger partial charge in [-0.05, 0) is 43.7 Å². The lowest BCUT2D eigenvalue weighted by molar-refractivity contribution is -0.278. The van der Waals surface area contributed by atoms with Crippen molar-refractivity contribution in [2.45, 2.75) is 57.0 Å². The summed E-state index contributed by atoms with van der Waals surface area (Å²) in [5.41, 5.74) is 3.01. The maximum atomic E-state index is 10.5. The Balaban J connectivity index is 1.80. The molecule has 2 heterocycles. The fourth-order valence-electron chi connectivity index (χ4n) is 4.26. The van der Waals surface area contributed by atoms with Gasteiger partial charge in [-0.25, -0.2) is 0 Å². The van der Waals surface area contributed by atoms with Crippen molar-refractivity contribution in [2.75, 3.05) is 13.7 Å². The van der Waals surface area contributed by atoms with Crippen LogP contribution in [0.5, 0.6) is 17.4 Å². The number of hydrogen-bond donors (Lipinski definition) is 5. The van der Waals surface area contributed by atoms with Crippen LogP contribution in [-0.4, -0.2) is 79.7 Å². The van der Waals surface area contributed by atoms with E-state index in [1.54, 1.807) is 30.0 Å². The van der Waals surface area contributed by atoms with Crippen molar-refractivity contribution in [3.8, 4) is 28.6 Å². The van der Waals surface area contributed by atoms with Crippen molar-refractivity contribution in [3.63, 3.8) is 0 Å². The van der Waals surface area contributed by atoms with Gasteiger partial charge in [-0.15, -0.1) is 5.10 Å². The Bertz CT molecular complexity index is 1160. The van der Waals surface area contributed by atoms with Crippen LogP contribution in [0.25, 0.3) is 11.3 Å². The summed E-state index contributed by atoms with van der Waals surface area (Å²) in [5, 5.41) is 55.2. The molecule has 1 aromatic heterocycles. The Hall–Kier alpha value is -3.15. The first-order valence-corrected chi connectivity index (χ1v) is 11.7. The molecule has 0 bridgehead atoms. The highest BCUT2D eigenvalue weighted by Gasteiger charge is 2.45. The molecule has 0 aliphatic carbocycles. The van der Waals surface area contributed by atoms with Gasteiger partial charge in [0.25, 0.3) is 0 Å². The average Bonchev–Trinajstić information content (AvgIpc) is 3.22. The van der Waals surface area contributed by atoms with Crippen molar-refractivity contribution in [2.24, 2.45) is 0 Å². The van der Waals surface area contributed by atoms with Gasteiger partial charge in [-0.1, -0.05) is 24.3 Å². The zero-order valence-corrected chi connectivity index (χ0v) is 20.4. The second kappa shape index (κ2) is 10.9. The minimum absolute atomic E-state index is 0.0933. The van der Waals surface area contributed by atoms with E-state index in [-0.39, 0.29) is 17.7 Å². The molecule has 1 aliphatic rings. The SMILES string of the molecule is COc1ccc(Cc2c(O[C@@H]3O[C@H](CO)[C@@H](O)[C@H](O)[C@H]3O)nn(C(C)C)c2-c2cccc(O)c2)cc1. The molecule has 1 aliphatic heterocycles. The summed E-state index contributed by atoms with van der Waals surface area (Å²) >= 11 is 0. The number of benzene rings is 2. The lowest BCUT2D eigenvalue weighted by Crippen LogP contribution is -2.60. The van der Waals surface area contributed by atoms with Crippen LogP contribution in [0.4, 0.5) is 0 Å². The first-order valence-electron chi connectivity index (χ1n) is 11.7. The summed E-state index contributed by atoms with van der Waals surface area (Å²) in [6.07, 6.45) is -6.78. The molecule has 0 spiro atoms. The molecule has 10 heteroatoms. The van der Waals surface area contributed by atoms with Gasteiger partial charge < -0.3 is 39.7 Å². The highest BCUT2D eigenvalue weighted by atomic mass is 16.7. The molecule has 0 unspecified atom stereocenters. The lowest BCUT2D eigenvalue weighted by Gasteiger charge is -2.39. The number of methoxy groups -OCH3 is 1. The van der Waals surface area contributed by atoms with Gasteiger partial charge in [0, 0.05) is 23.6 Å². The van der Waals surface area contributed by atoms with Crippen LogP contribution in [0.2, 0.25) is 0 Å². The molecule has 5 atom stereocenters. The zero-order chi connectivity index (χ0) is 26.0. The van der Waals surface area contributed by atoms with Crippen molar-refractivity contribution in [1.82, 2.24) is 9.78 Å². The van der Waals surface area contributed by atoms with Gasteiger partial charge in [-0.2, -0.15) is 0 Å². The molecule has 5 N–H and O–H groups in total. The number of aromatic nitrogens is 2. The largest absolute Gasteiger partial charge is 0.508 e. The highest BCUT2D eigenvalue weighted by Crippen LogP contribution is 2.37. The Morgan fingerprint density at radius 3 is 2.36 bits per heavy atom. The van der Waals surface area contributed by atoms with Gasteiger partial charge in [0.1, 0.15) is 35.9 Å². The molecule has 194 valence electrons. The second-order valence-corrected chi connectivity index (χ2v) is 9.06. The summed E-state index contributed by atoms with van der Waals surface area (Å²) in [7, 11) is 1.59. The van der Waals surface area contributed by atoms with E-state index in [9.17, 15) is 25.5 Å². The maximum Gasteiger partial charge on any atom is 0.239 e. The third-order valence-electron chi connectivity index (χ3n) is 6.20. The van der Waals surface area contributed by atoms with Gasteiger partial charge in [0.2, 0.25) is 12.2 Å². The molecule has 4 rings (SSSR count). The van der Waals surface area contributed by atoms with Gasteiger partial charge in [-0.3, -0.25) is 4.68 Å². The molecule has 1 saturated heterocycles. The van der Waals surface area contributed by atoms with Crippen LogP contribution >= 0.6 is 0 Å². The smallest absolute Gasteiger partial charge is 0.239 e. The van der Waals surface area contributed by atoms with E-state index in [1.807, 2.05) is 44.2 Å². The Morgan fingerprint density at radius 1 is 1.03 bits per heavy atom. The molecule has 10 nitrogen and oxygen atoms in total. The minimum atomic E-state index is -1.58. The van der Waals surface area contributed by atoms with E-state index >= 15 is 0 Å². The third kappa shape index (κ3) is 5.18. The van der Waals surface area contributed by atoms with E-state index < -0.39 is 37.3 Å². The number of aromatic hydroxyl groups is 1. The topological polar surface area (TPSA) is 147 Å². The molecule has 0 saturated carbocycles. The fourth-order valence-corrected chi connectivity index (χ4v) is 4.26. The van der Waals surface area contributed by atoms with Crippen molar-refractivity contribution in [3.05, 3.63) is 59.7 Å². The number of phenolic OH excluding ortho intramolecular Hbond substituents is 1. The first-order chi connectivity index (χ1) is 17.2. The molecule has 3 aromatic rings. The van der Waals surface area contributed by atoms with Crippen molar-refractivity contribution < 1.29 is 39.7 Å². The Morgan fingerprint density at radius 2 is 1.75 bits per heavy atom. The minimum Gasteiger partial charge on any atom is -0.508 e. The standard InChI is InChI=1S/C26H32N2O8/c1-14(2)28-21(16-5-4-6-17(30)12-16)19(11-15-7-9-18(34-3)10-8-15)25(27-28)36-26-24(33)23(32)22(31)20(13-29)35-26/h4-10,12,14,20,22-24,26,29-33H,11,13H2,1-3H3/t20-,22-,23+,24-,26+/m1/s1. The van der Waals surface area contributed by atoms with Crippen LogP contribution in [0.3, 0.4) is 0 Å². The molecule has 0 amide bonds. The van der Waals surface area contributed by atoms with Crippen molar-refractivity contribution >= 4 is 0 Å². The summed E-state index contributed by atoms with van der Waals surface area (Å²) in [5.74, 6) is 0.959. The quantitative estimate of drug-likeness (QED) is 0.311. The number of ether oxygens (including phenoxy) is 3. The number of phenols is 1. The van der Waals surface area contributed by atoms with Crippen LogP contribution in [-0.2, 0) is 11.2 Å². The predicted octanol–water partition coefficient (Wildman–Crippen LogP) is 1.61. The normalized spacial score (nSPS) is 24.2. The number of aliphatic hydroxyl groups is 4. The average molecular weight is 501 g/mol. The van der Waals surface area contributed by atoms with Crippen LogP contribution in [0, 0.1) is 0 Å². The van der Waals surface area contributed by atoms with E-state index in [0.717, 1.165) is 5.56 Å². The highest BCUT2D eigenvalue weighted by molar-refractivity contribution is 5.68. The maximum absolute atomic E-state index is 10.5. The van der Waals surface area contributed by atoms with Gasteiger partial charge >= 0.3 is 0 Å². The summed E-state index contributed by atoms with van der Waals surface area (Å²) < 4.78 is 18.6. The number of rotatable bonds is 8. The monoisotopic (exact) mass is 500 g/mol. The van der Waals surface area contributed by atoms with Gasteiger partial charge in [0.15, 0.2) is 0 Å². The first kappa shape index (κ1) is 25.9. The second-order valence-electron chi connectivity index (χ2n) is 9.06. The summed E-state index contributed by atoms with van der Waals surface area (Å²) in [6.45, 7) is 3.33. The molecule has 2 aromatic carbocycles. The zero-order valence-electron chi connectivity index (χ0n) is 20.4. The number of nitrogens with zero attached hydrogens (tertiary/aromatic N) is 2. The molecular formula is C26H32N2O8. The van der Waals surface area contributed by atoms with E-state index in [1.165, 1.54) is 0 Å². The summed E-state index contributed by atoms with van der Waals surface area (Å²) in [6, 6.07) is 14.2. The molecular weight excluding hydrogens is 468 g/mol. The van der Waals surface area contributed by atoms with E-state index in [2.05, 4.69) is 5.10 Å². The predicted molar refractivity (Wildman–Crippen MR) is 130 cm³/mol. The molecule has 36 heavy (non-hydrogen) atoms. The number of aliphatic hydroxyl groups excluding tert-OH is 4. The fraction of sp³-hybridized carbons (Fsp3) is 0.423.